The minimum absolute atomic E-state index is 0.163. The van der Waals surface area contributed by atoms with Crippen LogP contribution in [-0.4, -0.2) is 18.1 Å². The summed E-state index contributed by atoms with van der Waals surface area (Å²) in [5.74, 6) is 0.438. The maximum absolute atomic E-state index is 12.5. The van der Waals surface area contributed by atoms with Gasteiger partial charge in [-0.2, -0.15) is 0 Å². The Morgan fingerprint density at radius 2 is 1.91 bits per heavy atom. The number of oxime groups is 1. The zero-order valence-corrected chi connectivity index (χ0v) is 14.2. The van der Waals surface area contributed by atoms with Gasteiger partial charge in [-0.3, -0.25) is 4.79 Å². The summed E-state index contributed by atoms with van der Waals surface area (Å²) in [7, 11) is 0. The van der Waals surface area contributed by atoms with Gasteiger partial charge in [0.2, 0.25) is 0 Å². The van der Waals surface area contributed by atoms with Crippen molar-refractivity contribution in [1.29, 1.82) is 0 Å². The lowest BCUT2D eigenvalue weighted by Crippen LogP contribution is -2.20. The lowest BCUT2D eigenvalue weighted by atomic mass is 9.79. The first-order chi connectivity index (χ1) is 10.4. The third kappa shape index (κ3) is 3.46. The molecule has 0 radical (unpaired) electrons. The third-order valence-electron chi connectivity index (χ3n) is 4.21. The predicted molar refractivity (Wildman–Crippen MR) is 90.5 cm³/mol. The summed E-state index contributed by atoms with van der Waals surface area (Å²) in [5, 5.41) is 3.99. The van der Waals surface area contributed by atoms with Crippen LogP contribution in [0.2, 0.25) is 0 Å². The zero-order chi connectivity index (χ0) is 16.3. The van der Waals surface area contributed by atoms with E-state index in [0.29, 0.717) is 24.3 Å². The molecule has 22 heavy (non-hydrogen) atoms. The van der Waals surface area contributed by atoms with Crippen LogP contribution in [0, 0.1) is 20.8 Å². The number of allylic oxidation sites excluding steroid dienone is 2. The van der Waals surface area contributed by atoms with Gasteiger partial charge in [0.15, 0.2) is 5.78 Å². The van der Waals surface area contributed by atoms with E-state index < -0.39 is 0 Å². The van der Waals surface area contributed by atoms with Gasteiger partial charge in [0.1, 0.15) is 6.61 Å². The van der Waals surface area contributed by atoms with Crippen molar-refractivity contribution >= 4 is 11.5 Å². The molecule has 1 aromatic carbocycles. The second-order valence-electron chi connectivity index (χ2n) is 6.08. The fourth-order valence-corrected chi connectivity index (χ4v) is 3.41. The molecule has 1 atom stereocenters. The minimum atomic E-state index is 0.163. The van der Waals surface area contributed by atoms with Crippen LogP contribution in [0.25, 0.3) is 0 Å². The number of carbonyl (C=O) groups is 1. The van der Waals surface area contributed by atoms with Gasteiger partial charge in [0, 0.05) is 12.0 Å². The van der Waals surface area contributed by atoms with Crippen molar-refractivity contribution in [2.75, 3.05) is 6.61 Å². The van der Waals surface area contributed by atoms with Crippen molar-refractivity contribution < 1.29 is 9.63 Å². The summed E-state index contributed by atoms with van der Waals surface area (Å²) >= 11 is 0. The fraction of sp³-hybridized carbons (Fsp3) is 0.474. The molecule has 118 valence electrons. The lowest BCUT2D eigenvalue weighted by molar-refractivity contribution is -0.115. The van der Waals surface area contributed by atoms with Crippen molar-refractivity contribution in [2.24, 2.45) is 5.16 Å². The van der Waals surface area contributed by atoms with E-state index in [-0.39, 0.29) is 11.7 Å². The highest BCUT2D eigenvalue weighted by atomic mass is 16.6. The van der Waals surface area contributed by atoms with E-state index in [1.54, 1.807) is 0 Å². The normalized spacial score (nSPS) is 19.1. The van der Waals surface area contributed by atoms with Crippen LogP contribution in [-0.2, 0) is 9.63 Å². The van der Waals surface area contributed by atoms with E-state index in [1.807, 2.05) is 19.9 Å². The minimum Gasteiger partial charge on any atom is -0.396 e. The molecule has 1 aliphatic rings. The van der Waals surface area contributed by atoms with Crippen LogP contribution in [0.3, 0.4) is 0 Å². The molecule has 3 heteroatoms. The molecule has 0 spiro atoms. The standard InChI is InChI=1S/C19H25NO2/c1-6-22-20-15(5)17-8-7-16(11-18(17)21)19-13(3)9-12(2)10-14(19)4/h8-10,16H,6-7,11H2,1-5H3/b20-15-. The number of Topliss-reactive ketones (excluding diaryl/α,β-unsaturated/α-hetero) is 1. The molecule has 3 nitrogen and oxygen atoms in total. The van der Waals surface area contributed by atoms with Gasteiger partial charge in [-0.25, -0.2) is 0 Å². The van der Waals surface area contributed by atoms with Gasteiger partial charge >= 0.3 is 0 Å². The molecule has 1 unspecified atom stereocenters. The van der Waals surface area contributed by atoms with Gasteiger partial charge in [-0.1, -0.05) is 28.9 Å². The largest absolute Gasteiger partial charge is 0.396 e. The zero-order valence-electron chi connectivity index (χ0n) is 14.2. The number of hydrogen-bond donors (Lipinski definition) is 0. The van der Waals surface area contributed by atoms with Gasteiger partial charge in [-0.05, 0) is 63.6 Å². The topological polar surface area (TPSA) is 38.7 Å². The summed E-state index contributed by atoms with van der Waals surface area (Å²) in [6.07, 6.45) is 3.45. The smallest absolute Gasteiger partial charge is 0.165 e. The Balaban J connectivity index is 2.26. The van der Waals surface area contributed by atoms with E-state index >= 15 is 0 Å². The molecular weight excluding hydrogens is 274 g/mol. The Labute approximate surface area is 133 Å². The van der Waals surface area contributed by atoms with Gasteiger partial charge in [-0.15, -0.1) is 0 Å². The van der Waals surface area contributed by atoms with Gasteiger partial charge < -0.3 is 4.84 Å². The van der Waals surface area contributed by atoms with Crippen molar-refractivity contribution in [1.82, 2.24) is 0 Å². The predicted octanol–water partition coefficient (Wildman–Crippen LogP) is 4.40. The van der Waals surface area contributed by atoms with E-state index in [4.69, 9.17) is 4.84 Å². The Morgan fingerprint density at radius 1 is 1.27 bits per heavy atom. The highest BCUT2D eigenvalue weighted by Crippen LogP contribution is 2.35. The first-order valence-electron chi connectivity index (χ1n) is 7.92. The molecule has 0 N–H and O–H groups in total. The Morgan fingerprint density at radius 3 is 2.45 bits per heavy atom. The average Bonchev–Trinajstić information content (AvgIpc) is 2.43. The molecule has 0 amide bonds. The van der Waals surface area contributed by atoms with E-state index in [2.05, 4.69) is 38.1 Å². The van der Waals surface area contributed by atoms with Gasteiger partial charge in [0.25, 0.3) is 0 Å². The van der Waals surface area contributed by atoms with Crippen LogP contribution in [0.4, 0.5) is 0 Å². The van der Waals surface area contributed by atoms with E-state index in [0.717, 1.165) is 6.42 Å². The van der Waals surface area contributed by atoms with Crippen LogP contribution in [0.1, 0.15) is 54.9 Å². The summed E-state index contributed by atoms with van der Waals surface area (Å²) in [6, 6.07) is 4.40. The van der Waals surface area contributed by atoms with Crippen LogP contribution in [0.15, 0.2) is 28.9 Å². The molecule has 0 bridgehead atoms. The molecular formula is C19H25NO2. The van der Waals surface area contributed by atoms with Gasteiger partial charge in [0.05, 0.1) is 5.71 Å². The first kappa shape index (κ1) is 16.5. The van der Waals surface area contributed by atoms with E-state index in [9.17, 15) is 4.79 Å². The lowest BCUT2D eigenvalue weighted by Gasteiger charge is -2.24. The van der Waals surface area contributed by atoms with Crippen LogP contribution < -0.4 is 0 Å². The molecule has 0 aromatic heterocycles. The monoisotopic (exact) mass is 299 g/mol. The van der Waals surface area contributed by atoms with Crippen LogP contribution >= 0.6 is 0 Å². The number of ketones is 1. The van der Waals surface area contributed by atoms with Crippen molar-refractivity contribution in [3.63, 3.8) is 0 Å². The number of benzene rings is 1. The summed E-state index contributed by atoms with van der Waals surface area (Å²) < 4.78 is 0. The number of hydrogen-bond acceptors (Lipinski definition) is 3. The molecule has 0 fully saturated rings. The maximum atomic E-state index is 12.5. The molecule has 0 saturated carbocycles. The second kappa shape index (κ2) is 6.91. The molecule has 0 saturated heterocycles. The SMILES string of the molecule is CCO/N=C(/C)C1=CCC(c2c(C)cc(C)cc2C)CC1=O. The molecule has 0 aliphatic heterocycles. The third-order valence-corrected chi connectivity index (χ3v) is 4.21. The molecule has 1 aliphatic carbocycles. The van der Waals surface area contributed by atoms with Crippen molar-refractivity contribution in [2.45, 2.75) is 53.4 Å². The van der Waals surface area contributed by atoms with Crippen molar-refractivity contribution in [3.05, 3.63) is 46.0 Å². The molecule has 0 heterocycles. The van der Waals surface area contributed by atoms with E-state index in [1.165, 1.54) is 22.3 Å². The highest BCUT2D eigenvalue weighted by molar-refractivity contribution is 6.21. The average molecular weight is 299 g/mol. The second-order valence-corrected chi connectivity index (χ2v) is 6.08. The Hall–Kier alpha value is -1.90. The number of rotatable bonds is 4. The molecule has 2 rings (SSSR count). The van der Waals surface area contributed by atoms with Crippen LogP contribution in [0.5, 0.6) is 0 Å². The number of nitrogens with zero attached hydrogens (tertiary/aromatic N) is 1. The fourth-order valence-electron chi connectivity index (χ4n) is 3.41. The summed E-state index contributed by atoms with van der Waals surface area (Å²) in [6.45, 7) is 10.6. The Kier molecular flexibility index (Phi) is 5.17. The quantitative estimate of drug-likeness (QED) is 0.610. The first-order valence-corrected chi connectivity index (χ1v) is 7.92. The maximum Gasteiger partial charge on any atom is 0.165 e. The number of aryl methyl sites for hydroxylation is 3. The number of carbonyl (C=O) groups excluding carboxylic acids is 1. The van der Waals surface area contributed by atoms with Crippen molar-refractivity contribution in [3.8, 4) is 0 Å². The summed E-state index contributed by atoms with van der Waals surface area (Å²) in [5.41, 5.74) is 6.57. The Bertz CT molecular complexity index is 618. The molecule has 1 aromatic rings. The highest BCUT2D eigenvalue weighted by Gasteiger charge is 2.26. The summed E-state index contributed by atoms with van der Waals surface area (Å²) in [4.78, 5) is 17.5.